The van der Waals surface area contributed by atoms with Gasteiger partial charge in [0, 0.05) is 12.3 Å². The van der Waals surface area contributed by atoms with Gasteiger partial charge in [0.05, 0.1) is 0 Å². The molecule has 2 N–H and O–H groups in total. The minimum atomic E-state index is -4.55. The van der Waals surface area contributed by atoms with E-state index in [0.29, 0.717) is 24.2 Å². The molecule has 0 fully saturated rings. The first-order valence-electron chi connectivity index (χ1n) is 10.7. The maximum Gasteiger partial charge on any atom is 0.405 e. The molecule has 2 atom stereocenters. The molecule has 0 aliphatic carbocycles. The van der Waals surface area contributed by atoms with E-state index in [9.17, 15) is 22.8 Å². The number of hydrogen-bond donors (Lipinski definition) is 2. The second-order valence-electron chi connectivity index (χ2n) is 7.77. The second kappa shape index (κ2) is 12.7. The average Bonchev–Trinajstić information content (AvgIpc) is 2.79. The smallest absolute Gasteiger partial charge is 0.405 e. The lowest BCUT2D eigenvalue weighted by atomic mass is 9.99. The lowest BCUT2D eigenvalue weighted by Crippen LogP contribution is -2.51. The number of benzene rings is 2. The Morgan fingerprint density at radius 2 is 1.76 bits per heavy atom. The number of rotatable bonds is 12. The van der Waals surface area contributed by atoms with Gasteiger partial charge in [0.1, 0.15) is 24.9 Å². The zero-order valence-corrected chi connectivity index (χ0v) is 18.5. The zero-order chi connectivity index (χ0) is 24.3. The van der Waals surface area contributed by atoms with E-state index in [0.717, 1.165) is 5.56 Å². The first kappa shape index (κ1) is 26.0. The highest BCUT2D eigenvalue weighted by Gasteiger charge is 2.30. The largest absolute Gasteiger partial charge is 0.490 e. The molecule has 33 heavy (non-hydrogen) atoms. The zero-order valence-electron chi connectivity index (χ0n) is 18.5. The van der Waals surface area contributed by atoms with Gasteiger partial charge in [-0.2, -0.15) is 13.2 Å². The number of aryl methyl sites for hydroxylation is 1. The summed E-state index contributed by atoms with van der Waals surface area (Å²) in [4.78, 5) is 25.2. The highest BCUT2D eigenvalue weighted by atomic mass is 19.4. The summed E-state index contributed by atoms with van der Waals surface area (Å²) in [6, 6.07) is 15.3. The van der Waals surface area contributed by atoms with Crippen molar-refractivity contribution < 1.29 is 27.5 Å². The van der Waals surface area contributed by atoms with E-state index in [1.165, 1.54) is 0 Å². The molecule has 0 aliphatic rings. The molecule has 0 unspecified atom stereocenters. The van der Waals surface area contributed by atoms with E-state index < -0.39 is 36.5 Å². The number of amides is 2. The first-order chi connectivity index (χ1) is 15.7. The SMILES string of the molecule is C=CCOc1cccc(C[C@H](NC(=O)[C@@H](C)CCc2ccccc2)C(=O)NCC(F)(F)F)c1. The van der Waals surface area contributed by atoms with Crippen LogP contribution in [0.4, 0.5) is 13.2 Å². The quantitative estimate of drug-likeness (QED) is 0.464. The minimum Gasteiger partial charge on any atom is -0.490 e. The van der Waals surface area contributed by atoms with E-state index in [1.807, 2.05) is 35.6 Å². The molecule has 0 bridgehead atoms. The molecule has 8 heteroatoms. The summed E-state index contributed by atoms with van der Waals surface area (Å²) in [6.07, 6.45) is -1.74. The number of ether oxygens (including phenoxy) is 1. The molecule has 2 rings (SSSR count). The van der Waals surface area contributed by atoms with E-state index in [2.05, 4.69) is 11.9 Å². The molecule has 0 aromatic heterocycles. The molecule has 2 aromatic rings. The topological polar surface area (TPSA) is 67.4 Å². The van der Waals surface area contributed by atoms with Crippen LogP contribution in [0.25, 0.3) is 0 Å². The van der Waals surface area contributed by atoms with Crippen molar-refractivity contribution in [3.05, 3.63) is 78.4 Å². The van der Waals surface area contributed by atoms with Crippen molar-refractivity contribution in [3.8, 4) is 5.75 Å². The van der Waals surface area contributed by atoms with Crippen molar-refractivity contribution in [3.63, 3.8) is 0 Å². The molecule has 2 amide bonds. The standard InChI is InChI=1S/C25H29F3N2O3/c1-3-14-33-21-11-7-10-20(15-21)16-22(24(32)29-17-25(26,27)28)30-23(31)18(2)12-13-19-8-5-4-6-9-19/h3-11,15,18,22H,1,12-14,16-17H2,2H3,(H,29,32)(H,30,31)/t18-,22-/m0/s1. The van der Waals surface area contributed by atoms with Crippen LogP contribution < -0.4 is 15.4 Å². The number of nitrogens with one attached hydrogen (secondary N) is 2. The molecule has 2 aromatic carbocycles. The van der Waals surface area contributed by atoms with Crippen LogP contribution in [0.5, 0.6) is 5.75 Å². The maximum absolute atomic E-state index is 12.7. The highest BCUT2D eigenvalue weighted by molar-refractivity contribution is 5.88. The van der Waals surface area contributed by atoms with Crippen LogP contribution in [-0.4, -0.2) is 37.2 Å². The molecular formula is C25H29F3N2O3. The van der Waals surface area contributed by atoms with Crippen LogP contribution in [-0.2, 0) is 22.4 Å². The average molecular weight is 463 g/mol. The van der Waals surface area contributed by atoms with E-state index in [-0.39, 0.29) is 13.0 Å². The van der Waals surface area contributed by atoms with E-state index >= 15 is 0 Å². The molecule has 178 valence electrons. The van der Waals surface area contributed by atoms with Gasteiger partial charge in [0.25, 0.3) is 0 Å². The maximum atomic E-state index is 12.7. The third-order valence-electron chi connectivity index (χ3n) is 4.96. The normalized spacial score (nSPS) is 13.0. The highest BCUT2D eigenvalue weighted by Crippen LogP contribution is 2.17. The van der Waals surface area contributed by atoms with Crippen LogP contribution in [0.15, 0.2) is 67.3 Å². The number of halogens is 3. The number of carbonyl (C=O) groups is 2. The van der Waals surface area contributed by atoms with Gasteiger partial charge < -0.3 is 15.4 Å². The van der Waals surface area contributed by atoms with Crippen LogP contribution >= 0.6 is 0 Å². The van der Waals surface area contributed by atoms with Crippen molar-refractivity contribution >= 4 is 11.8 Å². The van der Waals surface area contributed by atoms with Crippen molar-refractivity contribution in [2.45, 2.75) is 38.4 Å². The minimum absolute atomic E-state index is 0.0200. The van der Waals surface area contributed by atoms with Gasteiger partial charge in [-0.3, -0.25) is 9.59 Å². The summed E-state index contributed by atoms with van der Waals surface area (Å²) in [5.41, 5.74) is 1.72. The summed E-state index contributed by atoms with van der Waals surface area (Å²) in [5.74, 6) is -1.18. The van der Waals surface area contributed by atoms with Gasteiger partial charge in [-0.05, 0) is 36.1 Å². The van der Waals surface area contributed by atoms with Gasteiger partial charge in [0.15, 0.2) is 0 Å². The third kappa shape index (κ3) is 9.80. The number of carbonyl (C=O) groups excluding carboxylic acids is 2. The van der Waals surface area contributed by atoms with Gasteiger partial charge in [-0.25, -0.2) is 0 Å². The Kier molecular flexibility index (Phi) is 9.97. The Morgan fingerprint density at radius 3 is 2.42 bits per heavy atom. The Balaban J connectivity index is 2.07. The summed E-state index contributed by atoms with van der Waals surface area (Å²) < 4.78 is 43.3. The third-order valence-corrected chi connectivity index (χ3v) is 4.96. The predicted molar refractivity (Wildman–Crippen MR) is 121 cm³/mol. The lowest BCUT2D eigenvalue weighted by Gasteiger charge is -2.21. The fourth-order valence-corrected chi connectivity index (χ4v) is 3.15. The molecule has 0 saturated heterocycles. The van der Waals surface area contributed by atoms with E-state index in [4.69, 9.17) is 4.74 Å². The Morgan fingerprint density at radius 1 is 1.06 bits per heavy atom. The molecule has 0 radical (unpaired) electrons. The van der Waals surface area contributed by atoms with Crippen LogP contribution in [0.1, 0.15) is 24.5 Å². The van der Waals surface area contributed by atoms with Crippen LogP contribution in [0.3, 0.4) is 0 Å². The predicted octanol–water partition coefficient (Wildman–Crippen LogP) is 4.23. The van der Waals surface area contributed by atoms with Crippen molar-refractivity contribution in [2.24, 2.45) is 5.92 Å². The van der Waals surface area contributed by atoms with Gasteiger partial charge in [-0.1, -0.05) is 62.0 Å². The van der Waals surface area contributed by atoms with Crippen molar-refractivity contribution in [1.82, 2.24) is 10.6 Å². The van der Waals surface area contributed by atoms with Gasteiger partial charge in [0.2, 0.25) is 11.8 Å². The molecule has 0 heterocycles. The van der Waals surface area contributed by atoms with Crippen molar-refractivity contribution in [1.29, 1.82) is 0 Å². The fraction of sp³-hybridized carbons (Fsp3) is 0.360. The summed E-state index contributed by atoms with van der Waals surface area (Å²) in [7, 11) is 0. The summed E-state index contributed by atoms with van der Waals surface area (Å²) in [5, 5.41) is 4.50. The Labute approximate surface area is 192 Å². The first-order valence-corrected chi connectivity index (χ1v) is 10.7. The fourth-order valence-electron chi connectivity index (χ4n) is 3.15. The Hall–Kier alpha value is -3.29. The lowest BCUT2D eigenvalue weighted by molar-refractivity contribution is -0.140. The molecule has 0 saturated carbocycles. The molecule has 5 nitrogen and oxygen atoms in total. The monoisotopic (exact) mass is 462 g/mol. The summed E-state index contributed by atoms with van der Waals surface area (Å²) in [6.45, 7) is 4.12. The summed E-state index contributed by atoms with van der Waals surface area (Å²) >= 11 is 0. The van der Waals surface area contributed by atoms with E-state index in [1.54, 1.807) is 37.3 Å². The number of alkyl halides is 3. The van der Waals surface area contributed by atoms with Crippen molar-refractivity contribution in [2.75, 3.05) is 13.2 Å². The van der Waals surface area contributed by atoms with Crippen LogP contribution in [0, 0.1) is 5.92 Å². The van der Waals surface area contributed by atoms with Gasteiger partial charge in [-0.15, -0.1) is 0 Å². The number of hydrogen-bond acceptors (Lipinski definition) is 3. The van der Waals surface area contributed by atoms with Gasteiger partial charge >= 0.3 is 6.18 Å². The molecule has 0 aliphatic heterocycles. The molecule has 0 spiro atoms. The second-order valence-corrected chi connectivity index (χ2v) is 7.77. The Bertz CT molecular complexity index is 917. The molecular weight excluding hydrogens is 433 g/mol. The van der Waals surface area contributed by atoms with Crippen LogP contribution in [0.2, 0.25) is 0 Å².